The van der Waals surface area contributed by atoms with Gasteiger partial charge in [0.15, 0.2) is 0 Å². The van der Waals surface area contributed by atoms with E-state index < -0.39 is 0 Å². The summed E-state index contributed by atoms with van der Waals surface area (Å²) < 4.78 is 1.37. The van der Waals surface area contributed by atoms with E-state index in [4.69, 9.17) is 0 Å². The van der Waals surface area contributed by atoms with Gasteiger partial charge in [-0.2, -0.15) is 5.10 Å². The Morgan fingerprint density at radius 1 is 1.03 bits per heavy atom. The molecule has 3 aliphatic rings. The molecule has 1 fully saturated rings. The first-order valence-electron chi connectivity index (χ1n) is 10.9. The lowest BCUT2D eigenvalue weighted by Gasteiger charge is -2.38. The summed E-state index contributed by atoms with van der Waals surface area (Å²) in [5, 5.41) is 4.58. The quantitative estimate of drug-likeness (QED) is 0.804. The van der Waals surface area contributed by atoms with E-state index in [9.17, 15) is 9.59 Å². The lowest BCUT2D eigenvalue weighted by atomic mass is 9.86. The lowest BCUT2D eigenvalue weighted by Crippen LogP contribution is -2.40. The third-order valence-corrected chi connectivity index (χ3v) is 6.70. The maximum Gasteiger partial charge on any atom is 0.267 e. The molecule has 0 spiro atoms. The van der Waals surface area contributed by atoms with Gasteiger partial charge in [-0.1, -0.05) is 24.3 Å². The standard InChI is InChI=1S/C23H28N4O2/c28-22-14-18-15-26(21-9-5-7-17-6-1-2-8-19(17)21)13-10-20(18)24-27(22)16-23(29)25-11-3-4-12-25/h1-2,6,8,14,21H,3-5,7,9-13,15-16H2. The van der Waals surface area contributed by atoms with Gasteiger partial charge in [-0.05, 0) is 48.8 Å². The van der Waals surface area contributed by atoms with E-state index >= 15 is 0 Å². The summed E-state index contributed by atoms with van der Waals surface area (Å²) in [6, 6.07) is 10.9. The van der Waals surface area contributed by atoms with Crippen molar-refractivity contribution in [3.63, 3.8) is 0 Å². The van der Waals surface area contributed by atoms with E-state index in [1.807, 2.05) is 4.90 Å². The van der Waals surface area contributed by atoms with Gasteiger partial charge in [-0.15, -0.1) is 0 Å². The number of aromatic nitrogens is 2. The number of benzene rings is 1. The normalized spacial score (nSPS) is 21.7. The number of fused-ring (bicyclic) bond motifs is 2. The highest BCUT2D eigenvalue weighted by Gasteiger charge is 2.29. The van der Waals surface area contributed by atoms with E-state index in [2.05, 4.69) is 34.3 Å². The van der Waals surface area contributed by atoms with Crippen LogP contribution in [-0.4, -0.2) is 45.1 Å². The van der Waals surface area contributed by atoms with Crippen molar-refractivity contribution in [2.24, 2.45) is 0 Å². The van der Waals surface area contributed by atoms with E-state index in [0.717, 1.165) is 63.1 Å². The molecule has 3 heterocycles. The van der Waals surface area contributed by atoms with Crippen molar-refractivity contribution in [3.05, 3.63) is 63.1 Å². The zero-order chi connectivity index (χ0) is 19.8. The molecule has 0 radical (unpaired) electrons. The Morgan fingerprint density at radius 2 is 1.86 bits per heavy atom. The van der Waals surface area contributed by atoms with E-state index in [1.54, 1.807) is 6.07 Å². The van der Waals surface area contributed by atoms with Crippen molar-refractivity contribution in [2.45, 2.75) is 57.7 Å². The molecule has 1 saturated heterocycles. The first-order valence-corrected chi connectivity index (χ1v) is 10.9. The van der Waals surface area contributed by atoms with Crippen molar-refractivity contribution in [3.8, 4) is 0 Å². The second-order valence-corrected chi connectivity index (χ2v) is 8.53. The van der Waals surface area contributed by atoms with Crippen LogP contribution in [0.25, 0.3) is 0 Å². The Bertz CT molecular complexity index is 977. The minimum Gasteiger partial charge on any atom is -0.341 e. The molecular formula is C23H28N4O2. The molecule has 0 bridgehead atoms. The van der Waals surface area contributed by atoms with E-state index in [1.165, 1.54) is 28.7 Å². The number of carbonyl (C=O) groups is 1. The second kappa shape index (κ2) is 7.75. The Kier molecular flexibility index (Phi) is 4.96. The third-order valence-electron chi connectivity index (χ3n) is 6.70. The lowest BCUT2D eigenvalue weighted by molar-refractivity contribution is -0.131. The monoisotopic (exact) mass is 392 g/mol. The fraction of sp³-hybridized carbons (Fsp3) is 0.522. The van der Waals surface area contributed by atoms with Crippen molar-refractivity contribution in [1.29, 1.82) is 0 Å². The van der Waals surface area contributed by atoms with E-state index in [0.29, 0.717) is 6.04 Å². The Balaban J connectivity index is 1.35. The highest BCUT2D eigenvalue weighted by Crippen LogP contribution is 2.36. The van der Waals surface area contributed by atoms with Crippen LogP contribution in [-0.2, 0) is 30.7 Å². The summed E-state index contributed by atoms with van der Waals surface area (Å²) in [7, 11) is 0. The molecule has 2 aliphatic heterocycles. The molecular weight excluding hydrogens is 364 g/mol. The van der Waals surface area contributed by atoms with Gasteiger partial charge in [-0.3, -0.25) is 14.5 Å². The fourth-order valence-corrected chi connectivity index (χ4v) is 5.14. The summed E-state index contributed by atoms with van der Waals surface area (Å²) in [6.07, 6.45) is 6.47. The molecule has 1 aromatic carbocycles. The van der Waals surface area contributed by atoms with Crippen molar-refractivity contribution in [2.75, 3.05) is 19.6 Å². The number of hydrogen-bond donors (Lipinski definition) is 0. The number of aryl methyl sites for hydroxylation is 1. The first kappa shape index (κ1) is 18.6. The Morgan fingerprint density at radius 3 is 2.72 bits per heavy atom. The minimum atomic E-state index is -0.165. The zero-order valence-corrected chi connectivity index (χ0v) is 16.8. The van der Waals surface area contributed by atoms with Crippen LogP contribution in [0.15, 0.2) is 35.1 Å². The van der Waals surface area contributed by atoms with Crippen LogP contribution in [0.1, 0.15) is 54.1 Å². The first-order chi connectivity index (χ1) is 14.2. The topological polar surface area (TPSA) is 58.4 Å². The van der Waals surface area contributed by atoms with Gasteiger partial charge in [0.25, 0.3) is 5.56 Å². The van der Waals surface area contributed by atoms with E-state index in [-0.39, 0.29) is 18.0 Å². The Labute approximate surface area is 171 Å². The largest absolute Gasteiger partial charge is 0.341 e. The molecule has 152 valence electrons. The van der Waals surface area contributed by atoms with Crippen LogP contribution in [0.4, 0.5) is 0 Å². The van der Waals surface area contributed by atoms with Crippen molar-refractivity contribution in [1.82, 2.24) is 19.6 Å². The maximum absolute atomic E-state index is 12.6. The van der Waals surface area contributed by atoms with Crippen molar-refractivity contribution >= 4 is 5.91 Å². The number of amides is 1. The number of rotatable bonds is 3. The van der Waals surface area contributed by atoms with Crippen molar-refractivity contribution < 1.29 is 4.79 Å². The maximum atomic E-state index is 12.6. The van der Waals surface area contributed by atoms with Crippen LogP contribution in [0.3, 0.4) is 0 Å². The summed E-state index contributed by atoms with van der Waals surface area (Å²) in [6.45, 7) is 3.37. The van der Waals surface area contributed by atoms with Crippen LogP contribution in [0, 0.1) is 0 Å². The number of nitrogens with zero attached hydrogens (tertiary/aromatic N) is 4. The molecule has 29 heavy (non-hydrogen) atoms. The smallest absolute Gasteiger partial charge is 0.267 e. The summed E-state index contributed by atoms with van der Waals surface area (Å²) in [4.78, 5) is 29.4. The van der Waals surface area contributed by atoms with Crippen LogP contribution in [0.2, 0.25) is 0 Å². The molecule has 1 aromatic heterocycles. The van der Waals surface area contributed by atoms with Crippen LogP contribution < -0.4 is 5.56 Å². The van der Waals surface area contributed by atoms with Crippen LogP contribution >= 0.6 is 0 Å². The van der Waals surface area contributed by atoms with Gasteiger partial charge in [0.05, 0.1) is 5.69 Å². The molecule has 0 N–H and O–H groups in total. The van der Waals surface area contributed by atoms with Gasteiger partial charge >= 0.3 is 0 Å². The molecule has 6 heteroatoms. The number of hydrogen-bond acceptors (Lipinski definition) is 4. The zero-order valence-electron chi connectivity index (χ0n) is 16.8. The Hall–Kier alpha value is -2.47. The SMILES string of the molecule is O=C(Cn1nc2c(cc1=O)CN(C1CCCc3ccccc31)CC2)N1CCCC1. The van der Waals surface area contributed by atoms with Gasteiger partial charge in [0.2, 0.25) is 5.91 Å². The van der Waals surface area contributed by atoms with Gasteiger partial charge in [0.1, 0.15) is 6.54 Å². The summed E-state index contributed by atoms with van der Waals surface area (Å²) in [5.74, 6) is 0.00768. The number of likely N-dealkylation sites (tertiary alicyclic amines) is 1. The fourth-order valence-electron chi connectivity index (χ4n) is 5.14. The molecule has 5 rings (SSSR count). The molecule has 6 nitrogen and oxygen atoms in total. The molecule has 1 unspecified atom stereocenters. The highest BCUT2D eigenvalue weighted by atomic mass is 16.2. The third kappa shape index (κ3) is 3.62. The van der Waals surface area contributed by atoms with Gasteiger partial charge < -0.3 is 4.90 Å². The average Bonchev–Trinajstić information content (AvgIpc) is 3.29. The van der Waals surface area contributed by atoms with Crippen LogP contribution in [0.5, 0.6) is 0 Å². The summed E-state index contributed by atoms with van der Waals surface area (Å²) >= 11 is 0. The average molecular weight is 393 g/mol. The molecule has 0 saturated carbocycles. The molecule has 1 aliphatic carbocycles. The predicted octanol–water partition coefficient (Wildman–Crippen LogP) is 2.30. The second-order valence-electron chi connectivity index (χ2n) is 8.53. The molecule has 2 aromatic rings. The predicted molar refractivity (Wildman–Crippen MR) is 111 cm³/mol. The highest BCUT2D eigenvalue weighted by molar-refractivity contribution is 5.76. The van der Waals surface area contributed by atoms with Gasteiger partial charge in [-0.25, -0.2) is 4.68 Å². The molecule has 1 atom stereocenters. The summed E-state index contributed by atoms with van der Waals surface area (Å²) in [5.41, 5.74) is 4.73. The molecule has 1 amide bonds. The minimum absolute atomic E-state index is 0.00768. The van der Waals surface area contributed by atoms with Gasteiger partial charge in [0, 0.05) is 44.7 Å². The number of carbonyl (C=O) groups excluding carboxylic acids is 1.